The lowest BCUT2D eigenvalue weighted by molar-refractivity contribution is 0.0778. The maximum atomic E-state index is 12.1. The van der Waals surface area contributed by atoms with Crippen LogP contribution in [0.25, 0.3) is 0 Å². The van der Waals surface area contributed by atoms with Gasteiger partial charge in [0.2, 0.25) is 0 Å². The van der Waals surface area contributed by atoms with E-state index in [1.165, 1.54) is 0 Å². The fraction of sp³-hybridized carbons (Fsp3) is 0.533. The Morgan fingerprint density at radius 3 is 3.05 bits per heavy atom. The zero-order valence-electron chi connectivity index (χ0n) is 11.3. The Bertz CT molecular complexity index is 430. The average Bonchev–Trinajstić information content (AvgIpc) is 2.88. The van der Waals surface area contributed by atoms with Gasteiger partial charge in [0.15, 0.2) is 5.78 Å². The molecule has 0 radical (unpaired) electrons. The van der Waals surface area contributed by atoms with Gasteiger partial charge in [-0.25, -0.2) is 0 Å². The normalized spacial score (nSPS) is 19.0. The molecular formula is C15H20BrNO2. The van der Waals surface area contributed by atoms with Gasteiger partial charge >= 0.3 is 0 Å². The molecule has 4 heteroatoms. The second kappa shape index (κ2) is 7.17. The Hall–Kier alpha value is -0.710. The zero-order chi connectivity index (χ0) is 13.7. The monoisotopic (exact) mass is 325 g/mol. The van der Waals surface area contributed by atoms with Gasteiger partial charge in [-0.05, 0) is 32.0 Å². The van der Waals surface area contributed by atoms with E-state index in [4.69, 9.17) is 4.74 Å². The minimum Gasteiger partial charge on any atom is -0.377 e. The van der Waals surface area contributed by atoms with Crippen molar-refractivity contribution in [2.24, 2.45) is 0 Å². The highest BCUT2D eigenvalue weighted by Gasteiger charge is 2.17. The molecule has 1 heterocycles. The van der Waals surface area contributed by atoms with Crippen LogP contribution in [0, 0.1) is 0 Å². The summed E-state index contributed by atoms with van der Waals surface area (Å²) in [6, 6.07) is 7.57. The lowest BCUT2D eigenvalue weighted by atomic mass is 10.1. The van der Waals surface area contributed by atoms with Gasteiger partial charge in [0.05, 0.1) is 6.10 Å². The summed E-state index contributed by atoms with van der Waals surface area (Å²) in [5.74, 6) is 0.195. The van der Waals surface area contributed by atoms with Crippen molar-refractivity contribution in [2.75, 3.05) is 26.7 Å². The number of carbonyl (C=O) groups is 1. The smallest absolute Gasteiger partial charge is 0.164 e. The fourth-order valence-electron chi connectivity index (χ4n) is 2.33. The van der Waals surface area contributed by atoms with E-state index < -0.39 is 0 Å². The molecule has 0 bridgehead atoms. The SMILES string of the molecule is CN(CCC(=O)c1cccc(Br)c1)CC1CCCO1. The minimum absolute atomic E-state index is 0.195. The average molecular weight is 326 g/mol. The number of carbonyl (C=O) groups excluding carboxylic acids is 1. The molecule has 104 valence electrons. The molecule has 1 unspecified atom stereocenters. The Kier molecular flexibility index (Phi) is 5.55. The van der Waals surface area contributed by atoms with Gasteiger partial charge in [-0.1, -0.05) is 28.1 Å². The molecule has 3 nitrogen and oxygen atoms in total. The van der Waals surface area contributed by atoms with Crippen LogP contribution in [-0.4, -0.2) is 43.5 Å². The first-order valence-electron chi connectivity index (χ1n) is 6.74. The van der Waals surface area contributed by atoms with Crippen molar-refractivity contribution in [3.8, 4) is 0 Å². The van der Waals surface area contributed by atoms with E-state index in [1.807, 2.05) is 24.3 Å². The van der Waals surface area contributed by atoms with Gasteiger partial charge in [-0.2, -0.15) is 0 Å². The molecule has 1 fully saturated rings. The molecule has 1 aliphatic rings. The van der Waals surface area contributed by atoms with E-state index in [2.05, 4.69) is 27.9 Å². The number of hydrogen-bond donors (Lipinski definition) is 0. The number of rotatable bonds is 6. The third-order valence-electron chi connectivity index (χ3n) is 3.41. The number of benzene rings is 1. The maximum Gasteiger partial charge on any atom is 0.164 e. The first-order valence-corrected chi connectivity index (χ1v) is 7.53. The van der Waals surface area contributed by atoms with Crippen LogP contribution in [0.5, 0.6) is 0 Å². The fourth-order valence-corrected chi connectivity index (χ4v) is 2.73. The van der Waals surface area contributed by atoms with Gasteiger partial charge in [0.25, 0.3) is 0 Å². The number of hydrogen-bond acceptors (Lipinski definition) is 3. The summed E-state index contributed by atoms with van der Waals surface area (Å²) < 4.78 is 6.55. The summed E-state index contributed by atoms with van der Waals surface area (Å²) in [5, 5.41) is 0. The van der Waals surface area contributed by atoms with Crippen LogP contribution < -0.4 is 0 Å². The molecule has 1 atom stereocenters. The molecule has 19 heavy (non-hydrogen) atoms. The molecule has 1 saturated heterocycles. The van der Waals surface area contributed by atoms with E-state index in [0.29, 0.717) is 12.5 Å². The number of nitrogens with zero attached hydrogens (tertiary/aromatic N) is 1. The second-order valence-electron chi connectivity index (χ2n) is 5.08. The van der Waals surface area contributed by atoms with E-state index >= 15 is 0 Å². The molecule has 0 amide bonds. The molecule has 1 aromatic carbocycles. The predicted molar refractivity (Wildman–Crippen MR) is 79.6 cm³/mol. The Morgan fingerprint density at radius 1 is 1.53 bits per heavy atom. The Morgan fingerprint density at radius 2 is 2.37 bits per heavy atom. The molecule has 0 N–H and O–H groups in total. The minimum atomic E-state index is 0.195. The van der Waals surface area contributed by atoms with Crippen molar-refractivity contribution in [3.63, 3.8) is 0 Å². The summed E-state index contributed by atoms with van der Waals surface area (Å²) in [4.78, 5) is 14.2. The van der Waals surface area contributed by atoms with Crippen molar-refractivity contribution in [3.05, 3.63) is 34.3 Å². The van der Waals surface area contributed by atoms with Gasteiger partial charge in [0.1, 0.15) is 0 Å². The van der Waals surface area contributed by atoms with Crippen molar-refractivity contribution in [1.29, 1.82) is 0 Å². The van der Waals surface area contributed by atoms with Gasteiger partial charge < -0.3 is 9.64 Å². The summed E-state index contributed by atoms with van der Waals surface area (Å²) in [5.41, 5.74) is 0.778. The number of Topliss-reactive ketones (excluding diaryl/α,β-unsaturated/α-hetero) is 1. The highest BCUT2D eigenvalue weighted by Crippen LogP contribution is 2.15. The molecule has 1 aliphatic heterocycles. The summed E-state index contributed by atoms with van der Waals surface area (Å²) in [7, 11) is 2.05. The van der Waals surface area contributed by atoms with Crippen molar-refractivity contribution in [2.45, 2.75) is 25.4 Å². The molecule has 0 aliphatic carbocycles. The van der Waals surface area contributed by atoms with E-state index in [0.717, 1.165) is 42.6 Å². The number of ketones is 1. The molecule has 0 spiro atoms. The van der Waals surface area contributed by atoms with E-state index in [1.54, 1.807) is 0 Å². The van der Waals surface area contributed by atoms with Gasteiger partial charge in [-0.15, -0.1) is 0 Å². The quantitative estimate of drug-likeness (QED) is 0.752. The second-order valence-corrected chi connectivity index (χ2v) is 6.00. The molecular weight excluding hydrogens is 306 g/mol. The van der Waals surface area contributed by atoms with Crippen LogP contribution >= 0.6 is 15.9 Å². The molecule has 1 aromatic rings. The Labute approximate surface area is 123 Å². The van der Waals surface area contributed by atoms with Crippen LogP contribution in [0.3, 0.4) is 0 Å². The lowest BCUT2D eigenvalue weighted by Crippen LogP contribution is -2.30. The maximum absolute atomic E-state index is 12.1. The first kappa shape index (κ1) is 14.7. The highest BCUT2D eigenvalue weighted by molar-refractivity contribution is 9.10. The highest BCUT2D eigenvalue weighted by atomic mass is 79.9. The molecule has 0 aromatic heterocycles. The first-order chi connectivity index (χ1) is 9.15. The van der Waals surface area contributed by atoms with Crippen LogP contribution in [0.1, 0.15) is 29.6 Å². The van der Waals surface area contributed by atoms with Crippen LogP contribution in [0.15, 0.2) is 28.7 Å². The largest absolute Gasteiger partial charge is 0.377 e. The lowest BCUT2D eigenvalue weighted by Gasteiger charge is -2.19. The van der Waals surface area contributed by atoms with Crippen LogP contribution in [0.2, 0.25) is 0 Å². The number of halogens is 1. The summed E-state index contributed by atoms with van der Waals surface area (Å²) in [6.45, 7) is 2.59. The third kappa shape index (κ3) is 4.71. The predicted octanol–water partition coefficient (Wildman–Crippen LogP) is 3.13. The summed E-state index contributed by atoms with van der Waals surface area (Å²) >= 11 is 3.39. The van der Waals surface area contributed by atoms with Gasteiger partial charge in [0, 0.05) is 36.2 Å². The molecule has 2 rings (SSSR count). The van der Waals surface area contributed by atoms with Crippen molar-refractivity contribution >= 4 is 21.7 Å². The zero-order valence-corrected chi connectivity index (χ0v) is 12.9. The number of likely N-dealkylation sites (N-methyl/N-ethyl adjacent to an activating group) is 1. The topological polar surface area (TPSA) is 29.5 Å². The standard InChI is InChI=1S/C15H20BrNO2/c1-17(11-14-6-3-9-19-14)8-7-15(18)12-4-2-5-13(16)10-12/h2,4-5,10,14H,3,6-9,11H2,1H3. The molecule has 0 saturated carbocycles. The van der Waals surface area contributed by atoms with Crippen molar-refractivity contribution < 1.29 is 9.53 Å². The van der Waals surface area contributed by atoms with Crippen LogP contribution in [0.4, 0.5) is 0 Å². The third-order valence-corrected chi connectivity index (χ3v) is 3.90. The number of ether oxygens (including phenoxy) is 1. The van der Waals surface area contributed by atoms with Crippen molar-refractivity contribution in [1.82, 2.24) is 4.90 Å². The van der Waals surface area contributed by atoms with Gasteiger partial charge in [-0.3, -0.25) is 4.79 Å². The van der Waals surface area contributed by atoms with E-state index in [-0.39, 0.29) is 5.78 Å². The Balaban J connectivity index is 1.76. The summed E-state index contributed by atoms with van der Waals surface area (Å²) in [6.07, 6.45) is 3.21. The van der Waals surface area contributed by atoms with Crippen LogP contribution in [-0.2, 0) is 4.74 Å². The van der Waals surface area contributed by atoms with E-state index in [9.17, 15) is 4.79 Å².